The highest BCUT2D eigenvalue weighted by molar-refractivity contribution is 5.51. The summed E-state index contributed by atoms with van der Waals surface area (Å²) in [6, 6.07) is 21.1. The van der Waals surface area contributed by atoms with Gasteiger partial charge < -0.3 is 4.90 Å². The van der Waals surface area contributed by atoms with E-state index in [1.165, 1.54) is 68.9 Å². The van der Waals surface area contributed by atoms with Crippen molar-refractivity contribution in [3.63, 3.8) is 0 Å². The van der Waals surface area contributed by atoms with Gasteiger partial charge in [0.2, 0.25) is 0 Å². The molecule has 0 bridgehead atoms. The van der Waals surface area contributed by atoms with E-state index >= 15 is 0 Å². The van der Waals surface area contributed by atoms with Gasteiger partial charge in [-0.3, -0.25) is 0 Å². The summed E-state index contributed by atoms with van der Waals surface area (Å²) in [4.78, 5) is 2.38. The molecule has 0 radical (unpaired) electrons. The minimum absolute atomic E-state index is 0.0821. The van der Waals surface area contributed by atoms with Crippen LogP contribution in [0, 0.1) is 0 Å². The first-order chi connectivity index (χ1) is 14.6. The number of hydrogen-bond donors (Lipinski definition) is 0. The van der Waals surface area contributed by atoms with Gasteiger partial charge in [-0.2, -0.15) is 0 Å². The fourth-order valence-electron chi connectivity index (χ4n) is 3.73. The number of hydrogen-bond acceptors (Lipinski definition) is 1. The molecule has 0 atom stereocenters. The Balaban J connectivity index is 1.95. The normalized spacial score (nSPS) is 12.1. The lowest BCUT2D eigenvalue weighted by molar-refractivity contribution is 0.231. The first-order valence-corrected chi connectivity index (χ1v) is 11.9. The van der Waals surface area contributed by atoms with Gasteiger partial charge in [0.05, 0.1) is 0 Å². The Bertz CT molecular complexity index is 678. The van der Waals surface area contributed by atoms with Crippen LogP contribution in [0.3, 0.4) is 0 Å². The minimum atomic E-state index is 0.0821. The van der Waals surface area contributed by atoms with Gasteiger partial charge >= 0.3 is 0 Å². The van der Waals surface area contributed by atoms with E-state index in [1.54, 1.807) is 0 Å². The van der Waals surface area contributed by atoms with Crippen molar-refractivity contribution in [3.8, 4) is 0 Å². The lowest BCUT2D eigenvalue weighted by Gasteiger charge is -2.36. The van der Waals surface area contributed by atoms with E-state index < -0.39 is 0 Å². The van der Waals surface area contributed by atoms with Gasteiger partial charge in [-0.25, -0.2) is 0 Å². The van der Waals surface area contributed by atoms with Crippen LogP contribution in [0.15, 0.2) is 73.1 Å². The maximum Gasteiger partial charge on any atom is 0.0383 e. The maximum absolute atomic E-state index is 2.38. The SMILES string of the molecule is CCCCCCCCCCC(C)(C)N(/C=C/c1ccccc1)/C=C/c1ccccc1. The van der Waals surface area contributed by atoms with Crippen LogP contribution >= 0.6 is 0 Å². The Morgan fingerprint density at radius 1 is 0.633 bits per heavy atom. The summed E-state index contributed by atoms with van der Waals surface area (Å²) in [5, 5.41) is 0. The second kappa shape index (κ2) is 13.9. The number of benzene rings is 2. The quantitative estimate of drug-likeness (QED) is 0.284. The molecule has 0 fully saturated rings. The van der Waals surface area contributed by atoms with Crippen molar-refractivity contribution in [3.05, 3.63) is 84.2 Å². The first kappa shape index (κ1) is 24.0. The molecule has 2 aromatic carbocycles. The van der Waals surface area contributed by atoms with Gasteiger partial charge in [0.1, 0.15) is 0 Å². The summed E-state index contributed by atoms with van der Waals surface area (Å²) < 4.78 is 0. The van der Waals surface area contributed by atoms with Crippen molar-refractivity contribution in [1.29, 1.82) is 0 Å². The Kier molecular flexibility index (Phi) is 11.1. The minimum Gasteiger partial charge on any atom is -0.349 e. The smallest absolute Gasteiger partial charge is 0.0383 e. The van der Waals surface area contributed by atoms with Crippen LogP contribution in [0.2, 0.25) is 0 Å². The number of rotatable bonds is 14. The third kappa shape index (κ3) is 9.48. The van der Waals surface area contributed by atoms with Crippen LogP contribution in [0.4, 0.5) is 0 Å². The van der Waals surface area contributed by atoms with Crippen LogP contribution < -0.4 is 0 Å². The van der Waals surface area contributed by atoms with Crippen molar-refractivity contribution in [2.75, 3.05) is 0 Å². The highest BCUT2D eigenvalue weighted by Crippen LogP contribution is 2.25. The van der Waals surface area contributed by atoms with Gasteiger partial charge in [0.25, 0.3) is 0 Å². The summed E-state index contributed by atoms with van der Waals surface area (Å²) in [5.74, 6) is 0. The topological polar surface area (TPSA) is 3.24 Å². The van der Waals surface area contributed by atoms with Gasteiger partial charge in [-0.05, 0) is 43.5 Å². The first-order valence-electron chi connectivity index (χ1n) is 11.9. The van der Waals surface area contributed by atoms with Gasteiger partial charge in [-0.1, -0.05) is 119 Å². The molecule has 0 spiro atoms. The molecule has 0 aliphatic rings. The molecule has 0 unspecified atom stereocenters. The monoisotopic (exact) mass is 403 g/mol. The Hall–Kier alpha value is -2.28. The highest BCUT2D eigenvalue weighted by Gasteiger charge is 2.22. The van der Waals surface area contributed by atoms with Crippen molar-refractivity contribution in [2.45, 2.75) is 84.1 Å². The summed E-state index contributed by atoms with van der Waals surface area (Å²) in [6.07, 6.45) is 21.0. The zero-order valence-corrected chi connectivity index (χ0v) is 19.4. The van der Waals surface area contributed by atoms with E-state index in [-0.39, 0.29) is 5.54 Å². The molecule has 0 aliphatic heterocycles. The largest absolute Gasteiger partial charge is 0.349 e. The molecule has 30 heavy (non-hydrogen) atoms. The summed E-state index contributed by atoms with van der Waals surface area (Å²) in [7, 11) is 0. The average Bonchev–Trinajstić information content (AvgIpc) is 2.77. The molecule has 0 aromatic heterocycles. The Morgan fingerprint density at radius 2 is 1.07 bits per heavy atom. The highest BCUT2D eigenvalue weighted by atomic mass is 15.2. The second-order valence-electron chi connectivity index (χ2n) is 8.90. The fourth-order valence-corrected chi connectivity index (χ4v) is 3.73. The molecule has 0 heterocycles. The van der Waals surface area contributed by atoms with Gasteiger partial charge in [0.15, 0.2) is 0 Å². The van der Waals surface area contributed by atoms with E-state index in [0.29, 0.717) is 0 Å². The molecule has 0 aliphatic carbocycles. The molecular weight excluding hydrogens is 362 g/mol. The zero-order chi connectivity index (χ0) is 21.5. The van der Waals surface area contributed by atoms with Crippen LogP contribution in [0.1, 0.15) is 89.7 Å². The molecular formula is C29H41N. The van der Waals surface area contributed by atoms with E-state index in [0.717, 1.165) is 0 Å². The van der Waals surface area contributed by atoms with Crippen LogP contribution in [-0.4, -0.2) is 10.4 Å². The molecule has 1 heteroatoms. The Labute approximate surface area is 185 Å². The summed E-state index contributed by atoms with van der Waals surface area (Å²) >= 11 is 0. The van der Waals surface area contributed by atoms with Crippen molar-refractivity contribution >= 4 is 12.2 Å². The molecule has 162 valence electrons. The summed E-state index contributed by atoms with van der Waals surface area (Å²) in [5.41, 5.74) is 2.55. The van der Waals surface area contributed by atoms with Crippen LogP contribution in [0.5, 0.6) is 0 Å². The lowest BCUT2D eigenvalue weighted by Crippen LogP contribution is -2.36. The summed E-state index contributed by atoms with van der Waals surface area (Å²) in [6.45, 7) is 7.00. The van der Waals surface area contributed by atoms with Crippen molar-refractivity contribution in [2.24, 2.45) is 0 Å². The molecule has 2 aromatic rings. The van der Waals surface area contributed by atoms with E-state index in [2.05, 4.69) is 111 Å². The second-order valence-corrected chi connectivity index (χ2v) is 8.90. The van der Waals surface area contributed by atoms with Crippen molar-refractivity contribution < 1.29 is 0 Å². The molecule has 0 saturated carbocycles. The predicted octanol–water partition coefficient (Wildman–Crippen LogP) is 8.94. The number of nitrogens with zero attached hydrogens (tertiary/aromatic N) is 1. The molecule has 0 saturated heterocycles. The van der Waals surface area contributed by atoms with Crippen molar-refractivity contribution in [1.82, 2.24) is 4.90 Å². The van der Waals surface area contributed by atoms with Crippen LogP contribution in [-0.2, 0) is 0 Å². The molecule has 2 rings (SSSR count). The zero-order valence-electron chi connectivity index (χ0n) is 19.4. The lowest BCUT2D eigenvalue weighted by atomic mass is 9.94. The Morgan fingerprint density at radius 3 is 1.53 bits per heavy atom. The standard InChI is InChI=1S/C29H41N/c1-4-5-6-7-8-9-10-17-24-29(2,3)30(25-22-27-18-13-11-14-19-27)26-23-28-20-15-12-16-21-28/h11-16,18-23,25-26H,4-10,17,24H2,1-3H3/b25-22+,26-23+. The average molecular weight is 404 g/mol. The molecule has 0 N–H and O–H groups in total. The van der Waals surface area contributed by atoms with E-state index in [9.17, 15) is 0 Å². The van der Waals surface area contributed by atoms with E-state index in [1.807, 2.05) is 0 Å². The third-order valence-electron chi connectivity index (χ3n) is 5.80. The fraction of sp³-hybridized carbons (Fsp3) is 0.448. The van der Waals surface area contributed by atoms with Gasteiger partial charge in [-0.15, -0.1) is 0 Å². The van der Waals surface area contributed by atoms with Crippen LogP contribution in [0.25, 0.3) is 12.2 Å². The number of unbranched alkanes of at least 4 members (excludes halogenated alkanes) is 7. The molecule has 1 nitrogen and oxygen atoms in total. The molecule has 0 amide bonds. The van der Waals surface area contributed by atoms with Gasteiger partial charge in [0, 0.05) is 17.9 Å². The maximum atomic E-state index is 2.38. The van der Waals surface area contributed by atoms with E-state index in [4.69, 9.17) is 0 Å². The predicted molar refractivity (Wildman–Crippen MR) is 134 cm³/mol. The third-order valence-corrected chi connectivity index (χ3v) is 5.80.